The minimum atomic E-state index is -4.73. The molecule has 0 amide bonds. The SMILES string of the molecule is Cl.N[C@H](CCCO)c1cccc(C(F)(F)F)c1F. The third kappa shape index (κ3) is 4.12. The minimum absolute atomic E-state index is 0. The largest absolute Gasteiger partial charge is 0.419 e. The molecule has 2 nitrogen and oxygen atoms in total. The first-order valence-corrected chi connectivity index (χ1v) is 5.10. The maximum absolute atomic E-state index is 13.6. The van der Waals surface area contributed by atoms with Crippen molar-refractivity contribution in [3.8, 4) is 0 Å². The molecule has 0 aliphatic heterocycles. The first-order valence-electron chi connectivity index (χ1n) is 5.10. The van der Waals surface area contributed by atoms with Gasteiger partial charge in [-0.1, -0.05) is 12.1 Å². The normalized spacial score (nSPS) is 13.0. The Morgan fingerprint density at radius 3 is 2.39 bits per heavy atom. The van der Waals surface area contributed by atoms with Crippen LogP contribution in [0.2, 0.25) is 0 Å². The maximum Gasteiger partial charge on any atom is 0.419 e. The molecular weight excluding hydrogens is 274 g/mol. The summed E-state index contributed by atoms with van der Waals surface area (Å²) in [4.78, 5) is 0. The van der Waals surface area contributed by atoms with Crippen LogP contribution in [0.15, 0.2) is 18.2 Å². The Kier molecular flexibility index (Phi) is 6.59. The minimum Gasteiger partial charge on any atom is -0.396 e. The number of halogens is 5. The molecule has 0 bridgehead atoms. The van der Waals surface area contributed by atoms with Gasteiger partial charge in [-0.05, 0) is 18.9 Å². The highest BCUT2D eigenvalue weighted by Gasteiger charge is 2.35. The van der Waals surface area contributed by atoms with Crippen molar-refractivity contribution in [1.82, 2.24) is 0 Å². The summed E-state index contributed by atoms with van der Waals surface area (Å²) in [5.74, 6) is -1.33. The summed E-state index contributed by atoms with van der Waals surface area (Å²) >= 11 is 0. The molecule has 1 aromatic rings. The van der Waals surface area contributed by atoms with Gasteiger partial charge in [0.05, 0.1) is 5.56 Å². The molecule has 0 aliphatic rings. The highest BCUT2D eigenvalue weighted by atomic mass is 35.5. The van der Waals surface area contributed by atoms with E-state index in [0.717, 1.165) is 6.07 Å². The molecule has 0 saturated heterocycles. The summed E-state index contributed by atoms with van der Waals surface area (Å²) in [5.41, 5.74) is 4.09. The topological polar surface area (TPSA) is 46.2 Å². The molecule has 0 heterocycles. The maximum atomic E-state index is 13.6. The fourth-order valence-corrected chi connectivity index (χ4v) is 1.52. The Morgan fingerprint density at radius 1 is 1.28 bits per heavy atom. The van der Waals surface area contributed by atoms with E-state index in [0.29, 0.717) is 12.5 Å². The zero-order chi connectivity index (χ0) is 13.1. The third-order valence-electron chi connectivity index (χ3n) is 2.41. The Labute approximate surface area is 108 Å². The molecule has 7 heteroatoms. The van der Waals surface area contributed by atoms with Gasteiger partial charge < -0.3 is 10.8 Å². The average Bonchev–Trinajstić information content (AvgIpc) is 2.24. The van der Waals surface area contributed by atoms with Gasteiger partial charge in [0.1, 0.15) is 5.82 Å². The first-order chi connectivity index (χ1) is 7.88. The molecule has 3 N–H and O–H groups in total. The number of aliphatic hydroxyl groups is 1. The summed E-state index contributed by atoms with van der Waals surface area (Å²) in [6.45, 7) is -0.131. The van der Waals surface area contributed by atoms with E-state index < -0.39 is 23.6 Å². The van der Waals surface area contributed by atoms with Gasteiger partial charge in [-0.25, -0.2) is 4.39 Å². The van der Waals surface area contributed by atoms with Crippen molar-refractivity contribution in [2.75, 3.05) is 6.61 Å². The summed E-state index contributed by atoms with van der Waals surface area (Å²) in [6, 6.07) is 2.19. The van der Waals surface area contributed by atoms with E-state index in [1.165, 1.54) is 6.07 Å². The van der Waals surface area contributed by atoms with Crippen LogP contribution in [0.4, 0.5) is 17.6 Å². The van der Waals surface area contributed by atoms with Crippen LogP contribution in [0.1, 0.15) is 30.0 Å². The number of nitrogens with two attached hydrogens (primary N) is 1. The lowest BCUT2D eigenvalue weighted by molar-refractivity contribution is -0.140. The van der Waals surface area contributed by atoms with Crippen molar-refractivity contribution in [2.45, 2.75) is 25.1 Å². The Balaban J connectivity index is 0.00000289. The lowest BCUT2D eigenvalue weighted by Crippen LogP contribution is -2.16. The number of hydrogen-bond donors (Lipinski definition) is 2. The predicted octanol–water partition coefficient (Wildman–Crippen LogP) is 3.04. The summed E-state index contributed by atoms with van der Waals surface area (Å²) < 4.78 is 50.9. The van der Waals surface area contributed by atoms with Crippen LogP contribution in [-0.2, 0) is 6.18 Å². The molecule has 1 aromatic carbocycles. The standard InChI is InChI=1S/C11H13F4NO.ClH/c12-10-7(9(16)5-2-6-17)3-1-4-8(10)11(13,14)15;/h1,3-4,9,17H,2,5-6,16H2;1H/t9-;/m1./s1. The molecule has 104 valence electrons. The van der Waals surface area contributed by atoms with Crippen LogP contribution < -0.4 is 5.73 Å². The van der Waals surface area contributed by atoms with E-state index in [1.807, 2.05) is 0 Å². The summed E-state index contributed by atoms with van der Waals surface area (Å²) in [5, 5.41) is 8.59. The second-order valence-electron chi connectivity index (χ2n) is 3.68. The summed E-state index contributed by atoms with van der Waals surface area (Å²) in [6.07, 6.45) is -4.18. The molecule has 18 heavy (non-hydrogen) atoms. The molecule has 0 unspecified atom stereocenters. The third-order valence-corrected chi connectivity index (χ3v) is 2.41. The molecule has 0 radical (unpaired) electrons. The molecule has 0 fully saturated rings. The van der Waals surface area contributed by atoms with Crippen LogP contribution >= 0.6 is 12.4 Å². The zero-order valence-electron chi connectivity index (χ0n) is 9.38. The molecular formula is C11H14ClF4NO. The molecule has 1 rings (SSSR count). The second kappa shape index (κ2) is 6.92. The average molecular weight is 288 g/mol. The van der Waals surface area contributed by atoms with Gasteiger partial charge in [0.15, 0.2) is 0 Å². The van der Waals surface area contributed by atoms with E-state index >= 15 is 0 Å². The Bertz CT molecular complexity index is 384. The molecule has 0 saturated carbocycles. The Hall–Kier alpha value is -0.850. The number of hydrogen-bond acceptors (Lipinski definition) is 2. The van der Waals surface area contributed by atoms with Crippen molar-refractivity contribution in [1.29, 1.82) is 0 Å². The van der Waals surface area contributed by atoms with Crippen molar-refractivity contribution >= 4 is 12.4 Å². The van der Waals surface area contributed by atoms with E-state index in [-0.39, 0.29) is 31.0 Å². The van der Waals surface area contributed by atoms with Gasteiger partial charge in [-0.2, -0.15) is 13.2 Å². The highest BCUT2D eigenvalue weighted by Crippen LogP contribution is 2.34. The monoisotopic (exact) mass is 287 g/mol. The predicted molar refractivity (Wildman–Crippen MR) is 61.9 cm³/mol. The van der Waals surface area contributed by atoms with Crippen molar-refractivity contribution in [3.63, 3.8) is 0 Å². The van der Waals surface area contributed by atoms with E-state index in [9.17, 15) is 17.6 Å². The molecule has 1 atom stereocenters. The second-order valence-corrected chi connectivity index (χ2v) is 3.68. The van der Waals surface area contributed by atoms with Crippen molar-refractivity contribution < 1.29 is 22.7 Å². The van der Waals surface area contributed by atoms with Gasteiger partial charge in [0.2, 0.25) is 0 Å². The van der Waals surface area contributed by atoms with Gasteiger partial charge >= 0.3 is 6.18 Å². The molecule has 0 aromatic heterocycles. The lowest BCUT2D eigenvalue weighted by atomic mass is 9.99. The number of alkyl halides is 3. The van der Waals surface area contributed by atoms with Crippen LogP contribution in [0.3, 0.4) is 0 Å². The van der Waals surface area contributed by atoms with E-state index in [1.54, 1.807) is 0 Å². The number of aliphatic hydroxyl groups excluding tert-OH is 1. The molecule has 0 spiro atoms. The van der Waals surface area contributed by atoms with Crippen LogP contribution in [-0.4, -0.2) is 11.7 Å². The number of rotatable bonds is 4. The van der Waals surface area contributed by atoms with Crippen LogP contribution in [0.25, 0.3) is 0 Å². The van der Waals surface area contributed by atoms with Crippen LogP contribution in [0, 0.1) is 5.82 Å². The lowest BCUT2D eigenvalue weighted by Gasteiger charge is -2.15. The van der Waals surface area contributed by atoms with Gasteiger partial charge in [-0.15, -0.1) is 12.4 Å². The first kappa shape index (κ1) is 17.2. The van der Waals surface area contributed by atoms with Gasteiger partial charge in [-0.3, -0.25) is 0 Å². The van der Waals surface area contributed by atoms with Gasteiger partial charge in [0, 0.05) is 18.2 Å². The van der Waals surface area contributed by atoms with E-state index in [2.05, 4.69) is 0 Å². The van der Waals surface area contributed by atoms with E-state index in [4.69, 9.17) is 10.8 Å². The van der Waals surface area contributed by atoms with Crippen molar-refractivity contribution in [3.05, 3.63) is 35.1 Å². The summed E-state index contributed by atoms with van der Waals surface area (Å²) in [7, 11) is 0. The van der Waals surface area contributed by atoms with Gasteiger partial charge in [0.25, 0.3) is 0 Å². The number of benzene rings is 1. The Morgan fingerprint density at radius 2 is 1.89 bits per heavy atom. The highest BCUT2D eigenvalue weighted by molar-refractivity contribution is 5.85. The van der Waals surface area contributed by atoms with Crippen LogP contribution in [0.5, 0.6) is 0 Å². The fourth-order valence-electron chi connectivity index (χ4n) is 1.52. The zero-order valence-corrected chi connectivity index (χ0v) is 10.2. The molecule has 0 aliphatic carbocycles. The quantitative estimate of drug-likeness (QED) is 0.836. The van der Waals surface area contributed by atoms with Crippen molar-refractivity contribution in [2.24, 2.45) is 5.73 Å². The fraction of sp³-hybridized carbons (Fsp3) is 0.455. The smallest absolute Gasteiger partial charge is 0.396 e.